The standard InChI is InChI=1S/C30H42N4O4S/c1-5-24-9-11-25(12-10-24)33(19-22(2)3)39(35,36)26-13-14-27-28(20-32-15-17-37-21-23(32)4)31-34(29(27)18-26)30-8-6-7-16-38-30/h9-14,18,22-23,30H,5-8,15-17,19-21H2,1-4H3/t23-,30?/m0/s1. The van der Waals surface area contributed by atoms with Crippen LogP contribution in [0.3, 0.4) is 0 Å². The first-order chi connectivity index (χ1) is 18.8. The Labute approximate surface area is 232 Å². The van der Waals surface area contributed by atoms with E-state index in [0.29, 0.717) is 44.6 Å². The van der Waals surface area contributed by atoms with E-state index in [4.69, 9.17) is 14.6 Å². The van der Waals surface area contributed by atoms with Gasteiger partial charge in [-0.15, -0.1) is 0 Å². The van der Waals surface area contributed by atoms with E-state index in [9.17, 15) is 8.42 Å². The Morgan fingerprint density at radius 2 is 1.90 bits per heavy atom. The second-order valence-corrected chi connectivity index (χ2v) is 13.1. The number of ether oxygens (including phenoxy) is 2. The van der Waals surface area contributed by atoms with E-state index in [1.807, 2.05) is 48.9 Å². The Balaban J connectivity index is 1.56. The summed E-state index contributed by atoms with van der Waals surface area (Å²) >= 11 is 0. The summed E-state index contributed by atoms with van der Waals surface area (Å²) in [5, 5.41) is 6.01. The van der Waals surface area contributed by atoms with Crippen LogP contribution < -0.4 is 4.31 Å². The number of rotatable bonds is 9. The van der Waals surface area contributed by atoms with E-state index < -0.39 is 10.0 Å². The molecule has 212 valence electrons. The van der Waals surface area contributed by atoms with Crippen molar-refractivity contribution >= 4 is 26.6 Å². The summed E-state index contributed by atoms with van der Waals surface area (Å²) in [5.41, 5.74) is 3.63. The summed E-state index contributed by atoms with van der Waals surface area (Å²) in [6, 6.07) is 13.6. The monoisotopic (exact) mass is 554 g/mol. The number of hydrogen-bond donors (Lipinski definition) is 0. The fourth-order valence-electron chi connectivity index (χ4n) is 5.48. The van der Waals surface area contributed by atoms with Gasteiger partial charge in [0.2, 0.25) is 0 Å². The molecule has 0 saturated carbocycles. The fraction of sp³-hybridized carbons (Fsp3) is 0.567. The first kappa shape index (κ1) is 28.1. The quantitative estimate of drug-likeness (QED) is 0.354. The zero-order chi connectivity index (χ0) is 27.6. The number of sulfonamides is 1. The highest BCUT2D eigenvalue weighted by Gasteiger charge is 2.29. The topological polar surface area (TPSA) is 76.9 Å². The summed E-state index contributed by atoms with van der Waals surface area (Å²) in [6.45, 7) is 12.4. The van der Waals surface area contributed by atoms with Crippen molar-refractivity contribution in [1.29, 1.82) is 0 Å². The molecule has 3 aromatic rings. The largest absolute Gasteiger partial charge is 0.379 e. The maximum Gasteiger partial charge on any atom is 0.264 e. The molecule has 5 rings (SSSR count). The van der Waals surface area contributed by atoms with Gasteiger partial charge in [-0.05, 0) is 74.4 Å². The van der Waals surface area contributed by atoms with Crippen LogP contribution in [0.2, 0.25) is 0 Å². The van der Waals surface area contributed by atoms with Crippen LogP contribution in [0.1, 0.15) is 64.4 Å². The van der Waals surface area contributed by atoms with Gasteiger partial charge in [-0.3, -0.25) is 9.21 Å². The van der Waals surface area contributed by atoms with Crippen LogP contribution in [0.5, 0.6) is 0 Å². The van der Waals surface area contributed by atoms with Gasteiger partial charge in [-0.25, -0.2) is 13.1 Å². The third-order valence-corrected chi connectivity index (χ3v) is 9.58. The molecule has 0 radical (unpaired) electrons. The van der Waals surface area contributed by atoms with Gasteiger partial charge in [-0.2, -0.15) is 5.10 Å². The van der Waals surface area contributed by atoms with Crippen LogP contribution in [0.25, 0.3) is 10.9 Å². The van der Waals surface area contributed by atoms with Gasteiger partial charge in [0, 0.05) is 37.7 Å². The zero-order valence-corrected chi connectivity index (χ0v) is 24.5. The van der Waals surface area contributed by atoms with Crippen molar-refractivity contribution in [2.24, 2.45) is 5.92 Å². The molecule has 2 aliphatic heterocycles. The predicted octanol–water partition coefficient (Wildman–Crippen LogP) is 5.37. The Bertz CT molecular complexity index is 1360. The number of aryl methyl sites for hydroxylation is 1. The van der Waals surface area contributed by atoms with Crippen molar-refractivity contribution in [3.05, 3.63) is 53.7 Å². The van der Waals surface area contributed by atoms with Gasteiger partial charge in [0.1, 0.15) is 0 Å². The Morgan fingerprint density at radius 1 is 1.10 bits per heavy atom. The minimum Gasteiger partial charge on any atom is -0.379 e. The minimum absolute atomic E-state index is 0.164. The van der Waals surface area contributed by atoms with Crippen molar-refractivity contribution < 1.29 is 17.9 Å². The molecule has 2 saturated heterocycles. The van der Waals surface area contributed by atoms with Crippen molar-refractivity contribution in [3.8, 4) is 0 Å². The van der Waals surface area contributed by atoms with Crippen LogP contribution >= 0.6 is 0 Å². The summed E-state index contributed by atoms with van der Waals surface area (Å²) in [4.78, 5) is 2.66. The van der Waals surface area contributed by atoms with E-state index in [1.165, 1.54) is 5.56 Å². The molecular weight excluding hydrogens is 512 g/mol. The molecule has 1 unspecified atom stereocenters. The van der Waals surface area contributed by atoms with E-state index >= 15 is 0 Å². The number of hydrogen-bond acceptors (Lipinski definition) is 6. The van der Waals surface area contributed by atoms with Crippen LogP contribution in [0.4, 0.5) is 5.69 Å². The highest BCUT2D eigenvalue weighted by molar-refractivity contribution is 7.92. The molecule has 8 nitrogen and oxygen atoms in total. The number of fused-ring (bicyclic) bond motifs is 1. The molecule has 2 fully saturated rings. The van der Waals surface area contributed by atoms with E-state index in [1.54, 1.807) is 16.4 Å². The Morgan fingerprint density at radius 3 is 2.56 bits per heavy atom. The van der Waals surface area contributed by atoms with Crippen molar-refractivity contribution in [3.63, 3.8) is 0 Å². The van der Waals surface area contributed by atoms with Crippen LogP contribution in [0, 0.1) is 5.92 Å². The molecule has 39 heavy (non-hydrogen) atoms. The smallest absolute Gasteiger partial charge is 0.264 e. The lowest BCUT2D eigenvalue weighted by Gasteiger charge is -2.32. The predicted molar refractivity (Wildman–Crippen MR) is 154 cm³/mol. The van der Waals surface area contributed by atoms with Gasteiger partial charge in [0.15, 0.2) is 6.23 Å². The molecule has 2 aliphatic rings. The lowest BCUT2D eigenvalue weighted by molar-refractivity contribution is -0.0375. The van der Waals surface area contributed by atoms with Crippen LogP contribution in [0.15, 0.2) is 47.4 Å². The number of aromatic nitrogens is 2. The van der Waals surface area contributed by atoms with E-state index in [2.05, 4.69) is 18.7 Å². The first-order valence-corrected chi connectivity index (χ1v) is 15.8. The molecule has 0 bridgehead atoms. The summed E-state index contributed by atoms with van der Waals surface area (Å²) in [5.74, 6) is 0.164. The Kier molecular flexibility index (Phi) is 8.61. The number of morpholine rings is 1. The molecule has 2 atom stereocenters. The summed E-state index contributed by atoms with van der Waals surface area (Å²) in [6.07, 6.45) is 3.69. The molecule has 9 heteroatoms. The fourth-order valence-corrected chi connectivity index (χ4v) is 7.13. The lowest BCUT2D eigenvalue weighted by atomic mass is 10.1. The molecule has 0 N–H and O–H groups in total. The molecule has 3 heterocycles. The molecule has 0 amide bonds. The van der Waals surface area contributed by atoms with E-state index in [-0.39, 0.29) is 17.0 Å². The number of benzene rings is 2. The van der Waals surface area contributed by atoms with Crippen molar-refractivity contribution in [2.75, 3.05) is 37.2 Å². The van der Waals surface area contributed by atoms with Gasteiger partial charge >= 0.3 is 0 Å². The maximum absolute atomic E-state index is 14.2. The normalized spacial score (nSPS) is 21.1. The summed E-state index contributed by atoms with van der Waals surface area (Å²) in [7, 11) is -3.81. The second kappa shape index (κ2) is 12.0. The van der Waals surface area contributed by atoms with Crippen molar-refractivity contribution in [1.82, 2.24) is 14.7 Å². The van der Waals surface area contributed by atoms with Gasteiger partial charge in [0.05, 0.1) is 35.0 Å². The highest BCUT2D eigenvalue weighted by atomic mass is 32.2. The van der Waals surface area contributed by atoms with Crippen molar-refractivity contribution in [2.45, 2.75) is 77.1 Å². The average Bonchev–Trinajstić information content (AvgIpc) is 3.31. The molecule has 2 aromatic carbocycles. The average molecular weight is 555 g/mol. The van der Waals surface area contributed by atoms with Gasteiger partial charge < -0.3 is 9.47 Å². The third-order valence-electron chi connectivity index (χ3n) is 7.79. The molecular formula is C30H42N4O4S. The highest BCUT2D eigenvalue weighted by Crippen LogP contribution is 2.33. The third kappa shape index (κ3) is 6.01. The van der Waals surface area contributed by atoms with Gasteiger partial charge in [0.25, 0.3) is 10.0 Å². The minimum atomic E-state index is -3.81. The number of anilines is 1. The molecule has 0 spiro atoms. The first-order valence-electron chi connectivity index (χ1n) is 14.3. The molecule has 0 aliphatic carbocycles. The van der Waals surface area contributed by atoms with E-state index in [0.717, 1.165) is 48.8 Å². The SMILES string of the molecule is CCc1ccc(N(CC(C)C)S(=O)(=O)c2ccc3c(CN4CCOC[C@@H]4C)nn(C4CCCCO4)c3c2)cc1. The lowest BCUT2D eigenvalue weighted by Crippen LogP contribution is -2.43. The summed E-state index contributed by atoms with van der Waals surface area (Å²) < 4.78 is 43.6. The van der Waals surface area contributed by atoms with Crippen LogP contribution in [-0.2, 0) is 32.5 Å². The maximum atomic E-state index is 14.2. The number of nitrogens with zero attached hydrogens (tertiary/aromatic N) is 4. The van der Waals surface area contributed by atoms with Crippen LogP contribution in [-0.4, -0.2) is 62.1 Å². The molecule has 1 aromatic heterocycles. The Hall–Kier alpha value is -2.46. The van der Waals surface area contributed by atoms with Gasteiger partial charge in [-0.1, -0.05) is 32.9 Å². The second-order valence-electron chi connectivity index (χ2n) is 11.2. The zero-order valence-electron chi connectivity index (χ0n) is 23.7.